The average Bonchev–Trinajstić information content (AvgIpc) is 2.35. The second-order valence-corrected chi connectivity index (χ2v) is 4.80. The van der Waals surface area contributed by atoms with Crippen LogP contribution in [0.2, 0.25) is 0 Å². The van der Waals surface area contributed by atoms with Crippen molar-refractivity contribution < 1.29 is 4.74 Å². The van der Waals surface area contributed by atoms with Crippen LogP contribution < -0.4 is 10.5 Å². The minimum Gasteiger partial charge on any atom is -0.497 e. The molecule has 0 saturated carbocycles. The number of methoxy groups -OCH3 is 1. The molecule has 0 unspecified atom stereocenters. The van der Waals surface area contributed by atoms with Gasteiger partial charge in [0.1, 0.15) is 11.6 Å². The number of anilines is 1. The van der Waals surface area contributed by atoms with Crippen molar-refractivity contribution in [3.05, 3.63) is 41.6 Å². The molecular formula is C13H15N3OS. The Morgan fingerprint density at radius 3 is 2.83 bits per heavy atom. The van der Waals surface area contributed by atoms with E-state index in [-0.39, 0.29) is 0 Å². The van der Waals surface area contributed by atoms with E-state index in [1.165, 1.54) is 5.56 Å². The maximum absolute atomic E-state index is 5.69. The molecule has 0 bridgehead atoms. The van der Waals surface area contributed by atoms with Crippen molar-refractivity contribution >= 4 is 17.6 Å². The van der Waals surface area contributed by atoms with Crippen LogP contribution in [-0.2, 0) is 5.75 Å². The highest BCUT2D eigenvalue weighted by Crippen LogP contribution is 2.22. The summed E-state index contributed by atoms with van der Waals surface area (Å²) in [5.74, 6) is 2.16. The number of thioether (sulfide) groups is 1. The van der Waals surface area contributed by atoms with Crippen molar-refractivity contribution in [1.29, 1.82) is 0 Å². The van der Waals surface area contributed by atoms with Gasteiger partial charge in [-0.25, -0.2) is 9.97 Å². The van der Waals surface area contributed by atoms with Gasteiger partial charge in [-0.3, -0.25) is 0 Å². The van der Waals surface area contributed by atoms with E-state index in [1.807, 2.05) is 25.1 Å². The van der Waals surface area contributed by atoms with E-state index in [0.717, 1.165) is 17.2 Å². The molecule has 1 aromatic heterocycles. The Balaban J connectivity index is 2.06. The van der Waals surface area contributed by atoms with E-state index in [0.29, 0.717) is 11.0 Å². The lowest BCUT2D eigenvalue weighted by Crippen LogP contribution is -1.96. The fourth-order valence-corrected chi connectivity index (χ4v) is 2.39. The van der Waals surface area contributed by atoms with Gasteiger partial charge < -0.3 is 10.5 Å². The summed E-state index contributed by atoms with van der Waals surface area (Å²) in [4.78, 5) is 8.52. The topological polar surface area (TPSA) is 61.0 Å². The van der Waals surface area contributed by atoms with Crippen LogP contribution in [-0.4, -0.2) is 17.1 Å². The molecule has 0 amide bonds. The Bertz CT molecular complexity index is 525. The molecular weight excluding hydrogens is 246 g/mol. The fraction of sp³-hybridized carbons (Fsp3) is 0.231. The Morgan fingerprint density at radius 2 is 2.11 bits per heavy atom. The van der Waals surface area contributed by atoms with E-state index in [1.54, 1.807) is 24.9 Å². The van der Waals surface area contributed by atoms with Crippen molar-refractivity contribution in [2.75, 3.05) is 12.8 Å². The molecule has 4 nitrogen and oxygen atoms in total. The monoisotopic (exact) mass is 261 g/mol. The summed E-state index contributed by atoms with van der Waals surface area (Å²) in [6, 6.07) is 9.71. The molecule has 5 heteroatoms. The zero-order valence-electron chi connectivity index (χ0n) is 10.4. The minimum absolute atomic E-state index is 0.510. The predicted molar refractivity (Wildman–Crippen MR) is 73.7 cm³/mol. The molecule has 0 aliphatic heterocycles. The van der Waals surface area contributed by atoms with E-state index in [9.17, 15) is 0 Å². The standard InChI is InChI=1S/C13H15N3OS/c1-9-6-12(14)16-13(15-9)18-8-10-4-3-5-11(7-10)17-2/h3-7H,8H2,1-2H3,(H2,14,15,16). The number of nitrogen functional groups attached to an aromatic ring is 1. The number of aryl methyl sites for hydroxylation is 1. The van der Waals surface area contributed by atoms with Crippen molar-refractivity contribution in [3.63, 3.8) is 0 Å². The Kier molecular flexibility index (Phi) is 4.04. The number of hydrogen-bond donors (Lipinski definition) is 1. The number of benzene rings is 1. The summed E-state index contributed by atoms with van der Waals surface area (Å²) in [5, 5.41) is 0.704. The van der Waals surface area contributed by atoms with Crippen LogP contribution in [0, 0.1) is 6.92 Å². The number of ether oxygens (including phenoxy) is 1. The largest absolute Gasteiger partial charge is 0.497 e. The number of nitrogens with zero attached hydrogens (tertiary/aromatic N) is 2. The van der Waals surface area contributed by atoms with Crippen LogP contribution in [0.3, 0.4) is 0 Å². The Morgan fingerprint density at radius 1 is 1.28 bits per heavy atom. The smallest absolute Gasteiger partial charge is 0.190 e. The van der Waals surface area contributed by atoms with Crippen molar-refractivity contribution in [3.8, 4) is 5.75 Å². The molecule has 2 N–H and O–H groups in total. The number of nitrogens with two attached hydrogens (primary N) is 1. The van der Waals surface area contributed by atoms with Crippen LogP contribution in [0.4, 0.5) is 5.82 Å². The lowest BCUT2D eigenvalue weighted by atomic mass is 10.2. The molecule has 0 atom stereocenters. The molecule has 0 radical (unpaired) electrons. The Labute approximate surface area is 111 Å². The second-order valence-electron chi connectivity index (χ2n) is 3.86. The van der Waals surface area contributed by atoms with Crippen molar-refractivity contribution in [2.45, 2.75) is 17.8 Å². The second kappa shape index (κ2) is 5.73. The minimum atomic E-state index is 0.510. The Hall–Kier alpha value is -1.75. The SMILES string of the molecule is COc1cccc(CSc2nc(C)cc(N)n2)c1. The van der Waals surface area contributed by atoms with Gasteiger partial charge in [-0.1, -0.05) is 23.9 Å². The van der Waals surface area contributed by atoms with Crippen molar-refractivity contribution in [2.24, 2.45) is 0 Å². The molecule has 2 rings (SSSR count). The molecule has 0 aliphatic carbocycles. The highest BCUT2D eigenvalue weighted by Gasteiger charge is 2.02. The highest BCUT2D eigenvalue weighted by atomic mass is 32.2. The zero-order chi connectivity index (χ0) is 13.0. The quantitative estimate of drug-likeness (QED) is 0.677. The van der Waals surface area contributed by atoms with Gasteiger partial charge in [0.05, 0.1) is 7.11 Å². The van der Waals surface area contributed by atoms with Crippen LogP contribution in [0.1, 0.15) is 11.3 Å². The van der Waals surface area contributed by atoms with E-state index in [2.05, 4.69) is 16.0 Å². The predicted octanol–water partition coefficient (Wildman–Crippen LogP) is 2.67. The molecule has 0 aliphatic rings. The van der Waals surface area contributed by atoms with Gasteiger partial charge in [-0.15, -0.1) is 0 Å². The molecule has 0 spiro atoms. The normalized spacial score (nSPS) is 10.3. The summed E-state index contributed by atoms with van der Waals surface area (Å²) in [6.45, 7) is 1.91. The first-order valence-electron chi connectivity index (χ1n) is 5.54. The van der Waals surface area contributed by atoms with Gasteiger partial charge in [0.2, 0.25) is 0 Å². The highest BCUT2D eigenvalue weighted by molar-refractivity contribution is 7.98. The number of hydrogen-bond acceptors (Lipinski definition) is 5. The summed E-state index contributed by atoms with van der Waals surface area (Å²) in [6.07, 6.45) is 0. The number of rotatable bonds is 4. The van der Waals surface area contributed by atoms with Gasteiger partial charge >= 0.3 is 0 Å². The molecule has 0 fully saturated rings. The van der Waals surface area contributed by atoms with Gasteiger partial charge in [0, 0.05) is 17.5 Å². The number of aromatic nitrogens is 2. The van der Waals surface area contributed by atoms with Gasteiger partial charge in [0.15, 0.2) is 5.16 Å². The van der Waals surface area contributed by atoms with E-state index < -0.39 is 0 Å². The first-order chi connectivity index (χ1) is 8.67. The average molecular weight is 261 g/mol. The van der Waals surface area contributed by atoms with Crippen LogP contribution in [0.15, 0.2) is 35.5 Å². The van der Waals surface area contributed by atoms with Crippen molar-refractivity contribution in [1.82, 2.24) is 9.97 Å². The molecule has 0 saturated heterocycles. The van der Waals surface area contributed by atoms with E-state index >= 15 is 0 Å². The summed E-state index contributed by atoms with van der Waals surface area (Å²) >= 11 is 1.56. The first kappa shape index (κ1) is 12.7. The summed E-state index contributed by atoms with van der Waals surface area (Å²) in [7, 11) is 1.66. The van der Waals surface area contributed by atoms with Gasteiger partial charge in [0.25, 0.3) is 0 Å². The molecule has 2 aromatic rings. The maximum atomic E-state index is 5.69. The lowest BCUT2D eigenvalue weighted by molar-refractivity contribution is 0.414. The van der Waals surface area contributed by atoms with Gasteiger partial charge in [-0.05, 0) is 24.6 Å². The van der Waals surface area contributed by atoms with Crippen LogP contribution >= 0.6 is 11.8 Å². The molecule has 94 valence electrons. The summed E-state index contributed by atoms with van der Waals surface area (Å²) < 4.78 is 5.18. The molecule has 1 aromatic carbocycles. The third-order valence-corrected chi connectivity index (χ3v) is 3.27. The fourth-order valence-electron chi connectivity index (χ4n) is 1.54. The van der Waals surface area contributed by atoms with Crippen LogP contribution in [0.5, 0.6) is 5.75 Å². The summed E-state index contributed by atoms with van der Waals surface area (Å²) in [5.41, 5.74) is 7.74. The molecule has 1 heterocycles. The molecule has 18 heavy (non-hydrogen) atoms. The zero-order valence-corrected chi connectivity index (χ0v) is 11.2. The first-order valence-corrected chi connectivity index (χ1v) is 6.53. The maximum Gasteiger partial charge on any atom is 0.190 e. The van der Waals surface area contributed by atoms with E-state index in [4.69, 9.17) is 10.5 Å². The third kappa shape index (κ3) is 3.37. The lowest BCUT2D eigenvalue weighted by Gasteiger charge is -2.05. The third-order valence-electron chi connectivity index (χ3n) is 2.36. The van der Waals surface area contributed by atoms with Gasteiger partial charge in [-0.2, -0.15) is 0 Å². The van der Waals surface area contributed by atoms with Crippen LogP contribution in [0.25, 0.3) is 0 Å².